The summed E-state index contributed by atoms with van der Waals surface area (Å²) in [7, 11) is 0. The minimum Gasteiger partial charge on any atom is -0.367 e. The Hall–Kier alpha value is -0.440. The smallest absolute Gasteiger partial charge is 0.0640 e. The Bertz CT molecular complexity index is 381. The lowest BCUT2D eigenvalue weighted by Gasteiger charge is -2.38. The van der Waals surface area contributed by atoms with E-state index < -0.39 is 0 Å². The van der Waals surface area contributed by atoms with E-state index in [1.807, 2.05) is 18.2 Å². The Morgan fingerprint density at radius 2 is 2.12 bits per heavy atom. The Morgan fingerprint density at radius 1 is 1.38 bits per heavy atom. The Balaban J connectivity index is 2.26. The number of anilines is 1. The zero-order chi connectivity index (χ0) is 11.7. The SMILES string of the molecule is CC1CC(N)CCN1c1cc(Cl)ccc1Cl. The first-order chi connectivity index (χ1) is 7.58. The van der Waals surface area contributed by atoms with E-state index in [0.717, 1.165) is 35.1 Å². The van der Waals surface area contributed by atoms with Crippen molar-refractivity contribution < 1.29 is 0 Å². The van der Waals surface area contributed by atoms with Crippen LogP contribution in [0.1, 0.15) is 19.8 Å². The highest BCUT2D eigenvalue weighted by atomic mass is 35.5. The maximum atomic E-state index is 6.20. The molecule has 1 heterocycles. The summed E-state index contributed by atoms with van der Waals surface area (Å²) in [6.45, 7) is 3.12. The molecule has 88 valence electrons. The van der Waals surface area contributed by atoms with Crippen molar-refractivity contribution in [2.24, 2.45) is 5.73 Å². The van der Waals surface area contributed by atoms with Crippen molar-refractivity contribution >= 4 is 28.9 Å². The molecule has 1 saturated heterocycles. The Morgan fingerprint density at radius 3 is 2.81 bits per heavy atom. The molecule has 1 aliphatic rings. The lowest BCUT2D eigenvalue weighted by atomic mass is 9.98. The molecule has 1 fully saturated rings. The molecule has 0 radical (unpaired) electrons. The zero-order valence-electron chi connectivity index (χ0n) is 9.29. The molecular weight excluding hydrogens is 243 g/mol. The van der Waals surface area contributed by atoms with Gasteiger partial charge in [0.1, 0.15) is 0 Å². The van der Waals surface area contributed by atoms with Crippen LogP contribution in [-0.4, -0.2) is 18.6 Å². The molecule has 1 aromatic carbocycles. The minimum atomic E-state index is 0.309. The number of benzene rings is 1. The second-order valence-corrected chi connectivity index (χ2v) is 5.27. The van der Waals surface area contributed by atoms with Crippen molar-refractivity contribution in [3.63, 3.8) is 0 Å². The molecule has 2 nitrogen and oxygen atoms in total. The van der Waals surface area contributed by atoms with Crippen LogP contribution < -0.4 is 10.6 Å². The zero-order valence-corrected chi connectivity index (χ0v) is 10.8. The van der Waals surface area contributed by atoms with Gasteiger partial charge in [-0.25, -0.2) is 0 Å². The maximum absolute atomic E-state index is 6.20. The van der Waals surface area contributed by atoms with Gasteiger partial charge in [0.25, 0.3) is 0 Å². The van der Waals surface area contributed by atoms with E-state index in [0.29, 0.717) is 12.1 Å². The van der Waals surface area contributed by atoms with Crippen LogP contribution in [0.4, 0.5) is 5.69 Å². The van der Waals surface area contributed by atoms with Gasteiger partial charge >= 0.3 is 0 Å². The van der Waals surface area contributed by atoms with Gasteiger partial charge in [0.05, 0.1) is 10.7 Å². The van der Waals surface area contributed by atoms with Crippen molar-refractivity contribution in [2.45, 2.75) is 31.8 Å². The molecule has 1 aromatic rings. The first-order valence-corrected chi connectivity index (χ1v) is 6.31. The molecule has 1 aliphatic heterocycles. The summed E-state index contributed by atoms with van der Waals surface area (Å²) in [6.07, 6.45) is 2.01. The van der Waals surface area contributed by atoms with Gasteiger partial charge in [0, 0.05) is 23.7 Å². The first-order valence-electron chi connectivity index (χ1n) is 5.55. The molecule has 2 rings (SSSR count). The number of piperidine rings is 1. The summed E-state index contributed by atoms with van der Waals surface area (Å²) < 4.78 is 0. The van der Waals surface area contributed by atoms with E-state index in [-0.39, 0.29) is 0 Å². The third-order valence-corrected chi connectivity index (χ3v) is 3.69. The number of hydrogen-bond acceptors (Lipinski definition) is 2. The molecule has 0 spiro atoms. The average molecular weight is 259 g/mol. The third-order valence-electron chi connectivity index (χ3n) is 3.13. The van der Waals surface area contributed by atoms with Gasteiger partial charge in [-0.1, -0.05) is 23.2 Å². The van der Waals surface area contributed by atoms with Gasteiger partial charge in [-0.15, -0.1) is 0 Å². The normalized spacial score (nSPS) is 25.9. The van der Waals surface area contributed by atoms with Crippen LogP contribution in [-0.2, 0) is 0 Å². The molecule has 0 aliphatic carbocycles. The maximum Gasteiger partial charge on any atom is 0.0640 e. The second-order valence-electron chi connectivity index (χ2n) is 4.42. The van der Waals surface area contributed by atoms with Crippen LogP contribution >= 0.6 is 23.2 Å². The van der Waals surface area contributed by atoms with E-state index in [2.05, 4.69) is 11.8 Å². The molecule has 2 N–H and O–H groups in total. The topological polar surface area (TPSA) is 29.3 Å². The fourth-order valence-corrected chi connectivity index (χ4v) is 2.66. The Kier molecular flexibility index (Phi) is 3.63. The summed E-state index contributed by atoms with van der Waals surface area (Å²) in [5.41, 5.74) is 6.97. The van der Waals surface area contributed by atoms with E-state index >= 15 is 0 Å². The van der Waals surface area contributed by atoms with Crippen LogP contribution in [0.5, 0.6) is 0 Å². The number of hydrogen-bond donors (Lipinski definition) is 1. The van der Waals surface area contributed by atoms with Gasteiger partial charge in [-0.3, -0.25) is 0 Å². The fourth-order valence-electron chi connectivity index (χ4n) is 2.27. The van der Waals surface area contributed by atoms with Gasteiger partial charge in [-0.2, -0.15) is 0 Å². The number of nitrogens with two attached hydrogens (primary N) is 1. The largest absolute Gasteiger partial charge is 0.367 e. The highest BCUT2D eigenvalue weighted by Gasteiger charge is 2.24. The fraction of sp³-hybridized carbons (Fsp3) is 0.500. The molecular formula is C12H16Cl2N2. The summed E-state index contributed by atoms with van der Waals surface area (Å²) in [4.78, 5) is 2.29. The number of halogens is 2. The number of nitrogens with zero attached hydrogens (tertiary/aromatic N) is 1. The molecule has 0 saturated carbocycles. The molecule has 4 heteroatoms. The molecule has 0 bridgehead atoms. The quantitative estimate of drug-likeness (QED) is 0.838. The van der Waals surface area contributed by atoms with Crippen molar-refractivity contribution in [2.75, 3.05) is 11.4 Å². The van der Waals surface area contributed by atoms with Crippen molar-refractivity contribution in [3.8, 4) is 0 Å². The molecule has 0 aromatic heterocycles. The monoisotopic (exact) mass is 258 g/mol. The predicted octanol–water partition coefficient (Wildman–Crippen LogP) is 3.31. The van der Waals surface area contributed by atoms with Crippen LogP contribution in [0.15, 0.2) is 18.2 Å². The molecule has 2 unspecified atom stereocenters. The van der Waals surface area contributed by atoms with Crippen LogP contribution in [0.3, 0.4) is 0 Å². The molecule has 2 atom stereocenters. The second kappa shape index (κ2) is 4.82. The van der Waals surface area contributed by atoms with Crippen molar-refractivity contribution in [3.05, 3.63) is 28.2 Å². The van der Waals surface area contributed by atoms with Crippen molar-refractivity contribution in [1.29, 1.82) is 0 Å². The summed E-state index contributed by atoms with van der Waals surface area (Å²) in [5.74, 6) is 0. The summed E-state index contributed by atoms with van der Waals surface area (Å²) >= 11 is 12.2. The van der Waals surface area contributed by atoms with Gasteiger partial charge in [0.15, 0.2) is 0 Å². The van der Waals surface area contributed by atoms with Crippen LogP contribution in [0.25, 0.3) is 0 Å². The van der Waals surface area contributed by atoms with E-state index in [1.54, 1.807) is 0 Å². The van der Waals surface area contributed by atoms with Gasteiger partial charge in [-0.05, 0) is 38.0 Å². The lowest BCUT2D eigenvalue weighted by molar-refractivity contribution is 0.430. The van der Waals surface area contributed by atoms with E-state index in [1.165, 1.54) is 0 Å². The average Bonchev–Trinajstić information content (AvgIpc) is 2.22. The lowest BCUT2D eigenvalue weighted by Crippen LogP contribution is -2.45. The minimum absolute atomic E-state index is 0.309. The van der Waals surface area contributed by atoms with E-state index in [9.17, 15) is 0 Å². The molecule has 0 amide bonds. The van der Waals surface area contributed by atoms with Crippen molar-refractivity contribution in [1.82, 2.24) is 0 Å². The summed E-state index contributed by atoms with van der Waals surface area (Å²) in [6, 6.07) is 6.31. The predicted molar refractivity (Wildman–Crippen MR) is 70.5 cm³/mol. The third kappa shape index (κ3) is 2.45. The van der Waals surface area contributed by atoms with Crippen LogP contribution in [0.2, 0.25) is 10.0 Å². The highest BCUT2D eigenvalue weighted by molar-refractivity contribution is 6.35. The van der Waals surface area contributed by atoms with Gasteiger partial charge < -0.3 is 10.6 Å². The van der Waals surface area contributed by atoms with Crippen LogP contribution in [0, 0.1) is 0 Å². The van der Waals surface area contributed by atoms with E-state index in [4.69, 9.17) is 28.9 Å². The standard InChI is InChI=1S/C12H16Cl2N2/c1-8-6-10(15)4-5-16(8)12-7-9(13)2-3-11(12)14/h2-3,7-8,10H,4-6,15H2,1H3. The highest BCUT2D eigenvalue weighted by Crippen LogP contribution is 2.32. The number of rotatable bonds is 1. The molecule has 16 heavy (non-hydrogen) atoms. The Labute approximate surface area is 106 Å². The summed E-state index contributed by atoms with van der Waals surface area (Å²) in [5, 5.41) is 1.48. The first kappa shape index (κ1) is 12.0. The van der Waals surface area contributed by atoms with Gasteiger partial charge in [0.2, 0.25) is 0 Å².